The van der Waals surface area contributed by atoms with Crippen molar-refractivity contribution in [1.29, 1.82) is 0 Å². The molecule has 0 saturated carbocycles. The van der Waals surface area contributed by atoms with Crippen molar-refractivity contribution >= 4 is 18.3 Å². The number of benzene rings is 1. The number of carbonyl (C=O) groups is 1. The molecule has 22 heavy (non-hydrogen) atoms. The maximum Gasteiger partial charge on any atom is 0.222 e. The van der Waals surface area contributed by atoms with Gasteiger partial charge in [0.1, 0.15) is 5.82 Å². The van der Waals surface area contributed by atoms with E-state index in [2.05, 4.69) is 12.2 Å². The Kier molecular flexibility index (Phi) is 8.43. The van der Waals surface area contributed by atoms with Gasteiger partial charge in [0.2, 0.25) is 5.91 Å². The van der Waals surface area contributed by atoms with Crippen LogP contribution in [0.3, 0.4) is 0 Å². The molecule has 2 rings (SSSR count). The van der Waals surface area contributed by atoms with Crippen molar-refractivity contribution in [2.24, 2.45) is 5.92 Å². The van der Waals surface area contributed by atoms with E-state index in [1.807, 2.05) is 4.90 Å². The fraction of sp³-hybridized carbons (Fsp3) is 0.588. The van der Waals surface area contributed by atoms with Gasteiger partial charge in [-0.2, -0.15) is 0 Å². The molecule has 0 bridgehead atoms. The summed E-state index contributed by atoms with van der Waals surface area (Å²) >= 11 is 0. The second-order valence-electron chi connectivity index (χ2n) is 5.84. The van der Waals surface area contributed by atoms with E-state index in [1.165, 1.54) is 18.6 Å². The molecule has 124 valence electrons. The first-order chi connectivity index (χ1) is 10.2. The van der Waals surface area contributed by atoms with E-state index in [9.17, 15) is 9.18 Å². The largest absolute Gasteiger partial charge is 0.338 e. The van der Waals surface area contributed by atoms with E-state index in [-0.39, 0.29) is 24.1 Å². The Balaban J connectivity index is 0.00000242. The van der Waals surface area contributed by atoms with Crippen LogP contribution in [0.1, 0.15) is 38.2 Å². The highest BCUT2D eigenvalue weighted by Crippen LogP contribution is 2.16. The summed E-state index contributed by atoms with van der Waals surface area (Å²) in [4.78, 5) is 14.3. The highest BCUT2D eigenvalue weighted by molar-refractivity contribution is 5.85. The molecular weight excluding hydrogens is 303 g/mol. The molecular formula is C17H26ClFN2O. The summed E-state index contributed by atoms with van der Waals surface area (Å²) in [6, 6.07) is 6.42. The minimum atomic E-state index is -0.235. The molecule has 3 nitrogen and oxygen atoms in total. The number of nitrogens with zero attached hydrogens (tertiary/aromatic N) is 1. The highest BCUT2D eigenvalue weighted by Gasteiger charge is 2.18. The predicted molar refractivity (Wildman–Crippen MR) is 89.6 cm³/mol. The van der Waals surface area contributed by atoms with E-state index in [4.69, 9.17) is 0 Å². The van der Waals surface area contributed by atoms with Crippen molar-refractivity contribution in [1.82, 2.24) is 10.2 Å². The monoisotopic (exact) mass is 328 g/mol. The SMILES string of the molecule is CCCN(Cc1ccc(F)cc1)C(=O)CCC1CCNC1.Cl. The molecule has 1 heterocycles. The van der Waals surface area contributed by atoms with Gasteiger partial charge >= 0.3 is 0 Å². The number of carbonyl (C=O) groups excluding carboxylic acids is 1. The number of nitrogens with one attached hydrogen (secondary N) is 1. The first-order valence-electron chi connectivity index (χ1n) is 7.92. The minimum Gasteiger partial charge on any atom is -0.338 e. The molecule has 1 aliphatic rings. The van der Waals surface area contributed by atoms with Gasteiger partial charge in [0.25, 0.3) is 0 Å². The van der Waals surface area contributed by atoms with Crippen LogP contribution < -0.4 is 5.32 Å². The van der Waals surface area contributed by atoms with Gasteiger partial charge in [0.05, 0.1) is 0 Å². The van der Waals surface area contributed by atoms with Gasteiger partial charge in [-0.05, 0) is 56.0 Å². The molecule has 0 aliphatic carbocycles. The molecule has 1 saturated heterocycles. The van der Waals surface area contributed by atoms with E-state index >= 15 is 0 Å². The molecule has 0 aromatic heterocycles. The summed E-state index contributed by atoms with van der Waals surface area (Å²) < 4.78 is 12.9. The van der Waals surface area contributed by atoms with Crippen LogP contribution in [0.4, 0.5) is 4.39 Å². The Labute approximate surface area is 138 Å². The first kappa shape index (κ1) is 18.9. The maximum absolute atomic E-state index is 12.9. The smallest absolute Gasteiger partial charge is 0.222 e. The summed E-state index contributed by atoms with van der Waals surface area (Å²) in [6.07, 6.45) is 3.71. The lowest BCUT2D eigenvalue weighted by molar-refractivity contribution is -0.132. The zero-order chi connectivity index (χ0) is 15.1. The average Bonchev–Trinajstić information content (AvgIpc) is 3.00. The number of halogens is 2. The van der Waals surface area contributed by atoms with Crippen LogP contribution in [0, 0.1) is 11.7 Å². The van der Waals surface area contributed by atoms with Crippen LogP contribution in [0.5, 0.6) is 0 Å². The van der Waals surface area contributed by atoms with Gasteiger partial charge in [0, 0.05) is 19.5 Å². The minimum absolute atomic E-state index is 0. The molecule has 0 radical (unpaired) electrons. The predicted octanol–water partition coefficient (Wildman–Crippen LogP) is 3.38. The summed E-state index contributed by atoms with van der Waals surface area (Å²) in [5.41, 5.74) is 0.987. The number of rotatable bonds is 7. The van der Waals surface area contributed by atoms with Crippen LogP contribution in [-0.4, -0.2) is 30.4 Å². The summed E-state index contributed by atoms with van der Waals surface area (Å²) in [5.74, 6) is 0.622. The Bertz CT molecular complexity index is 446. The Hall–Kier alpha value is -1.13. The second kappa shape index (κ2) is 9.80. The Morgan fingerprint density at radius 3 is 2.68 bits per heavy atom. The fourth-order valence-electron chi connectivity index (χ4n) is 2.82. The van der Waals surface area contributed by atoms with Crippen LogP contribution in [0.25, 0.3) is 0 Å². The standard InChI is InChI=1S/C17H25FN2O.ClH/c1-2-11-20(13-15-3-6-16(18)7-4-15)17(21)8-5-14-9-10-19-12-14;/h3-4,6-7,14,19H,2,5,8-13H2,1H3;1H. The van der Waals surface area contributed by atoms with Crippen LogP contribution in [-0.2, 0) is 11.3 Å². The quantitative estimate of drug-likeness (QED) is 0.832. The first-order valence-corrected chi connectivity index (χ1v) is 7.92. The second-order valence-corrected chi connectivity index (χ2v) is 5.84. The zero-order valence-electron chi connectivity index (χ0n) is 13.2. The average molecular weight is 329 g/mol. The zero-order valence-corrected chi connectivity index (χ0v) is 14.0. The maximum atomic E-state index is 12.9. The van der Waals surface area contributed by atoms with Gasteiger partial charge in [-0.15, -0.1) is 12.4 Å². The molecule has 1 fully saturated rings. The van der Waals surface area contributed by atoms with Crippen LogP contribution >= 0.6 is 12.4 Å². The molecule has 1 atom stereocenters. The molecule has 1 aliphatic heterocycles. The molecule has 1 N–H and O–H groups in total. The highest BCUT2D eigenvalue weighted by atomic mass is 35.5. The van der Waals surface area contributed by atoms with Gasteiger partial charge in [-0.3, -0.25) is 4.79 Å². The lowest BCUT2D eigenvalue weighted by atomic mass is 10.0. The van der Waals surface area contributed by atoms with Gasteiger partial charge in [0.15, 0.2) is 0 Å². The van der Waals surface area contributed by atoms with E-state index in [1.54, 1.807) is 12.1 Å². The molecule has 1 aromatic rings. The summed E-state index contributed by atoms with van der Waals surface area (Å²) in [6.45, 7) is 5.53. The van der Waals surface area contributed by atoms with Crippen LogP contribution in [0.2, 0.25) is 0 Å². The van der Waals surface area contributed by atoms with Gasteiger partial charge in [-0.25, -0.2) is 4.39 Å². The summed E-state index contributed by atoms with van der Waals surface area (Å²) in [5, 5.41) is 3.34. The van der Waals surface area contributed by atoms with Crippen molar-refractivity contribution in [3.63, 3.8) is 0 Å². The summed E-state index contributed by atoms with van der Waals surface area (Å²) in [7, 11) is 0. The number of hydrogen-bond donors (Lipinski definition) is 1. The third kappa shape index (κ3) is 5.93. The molecule has 1 aromatic carbocycles. The topological polar surface area (TPSA) is 32.3 Å². The molecule has 1 unspecified atom stereocenters. The van der Waals surface area contributed by atoms with E-state index < -0.39 is 0 Å². The lowest BCUT2D eigenvalue weighted by Crippen LogP contribution is -2.31. The fourth-order valence-corrected chi connectivity index (χ4v) is 2.82. The van der Waals surface area contributed by atoms with Crippen molar-refractivity contribution < 1.29 is 9.18 Å². The molecule has 0 spiro atoms. The molecule has 5 heteroatoms. The number of hydrogen-bond acceptors (Lipinski definition) is 2. The van der Waals surface area contributed by atoms with E-state index in [0.717, 1.165) is 38.0 Å². The Morgan fingerprint density at radius 2 is 2.09 bits per heavy atom. The third-order valence-electron chi connectivity index (χ3n) is 4.06. The van der Waals surface area contributed by atoms with Crippen LogP contribution in [0.15, 0.2) is 24.3 Å². The Morgan fingerprint density at radius 1 is 1.36 bits per heavy atom. The number of amides is 1. The normalized spacial score (nSPS) is 17.1. The van der Waals surface area contributed by atoms with Gasteiger partial charge < -0.3 is 10.2 Å². The van der Waals surface area contributed by atoms with Crippen molar-refractivity contribution in [2.45, 2.75) is 39.2 Å². The molecule has 1 amide bonds. The van der Waals surface area contributed by atoms with Gasteiger partial charge in [-0.1, -0.05) is 19.1 Å². The van der Waals surface area contributed by atoms with Crippen molar-refractivity contribution in [3.8, 4) is 0 Å². The third-order valence-corrected chi connectivity index (χ3v) is 4.06. The van der Waals surface area contributed by atoms with E-state index in [0.29, 0.717) is 18.9 Å². The van der Waals surface area contributed by atoms with Crippen molar-refractivity contribution in [2.75, 3.05) is 19.6 Å². The lowest BCUT2D eigenvalue weighted by Gasteiger charge is -2.23. The van der Waals surface area contributed by atoms with Crippen molar-refractivity contribution in [3.05, 3.63) is 35.6 Å².